The van der Waals surface area contributed by atoms with Gasteiger partial charge in [-0.25, -0.2) is 9.69 Å². The van der Waals surface area contributed by atoms with Crippen LogP contribution in [-0.4, -0.2) is 137 Å². The van der Waals surface area contributed by atoms with Gasteiger partial charge in [0, 0.05) is 89.9 Å². The summed E-state index contributed by atoms with van der Waals surface area (Å²) in [4.78, 5) is 69.1. The van der Waals surface area contributed by atoms with Gasteiger partial charge in [0.05, 0.1) is 42.2 Å². The van der Waals surface area contributed by atoms with Crippen molar-refractivity contribution in [3.05, 3.63) is 29.8 Å². The molecule has 7 bridgehead atoms. The first kappa shape index (κ1) is 37.5. The van der Waals surface area contributed by atoms with E-state index in [1.807, 2.05) is 0 Å². The number of hydrogen-bond donors (Lipinski definition) is 1. The lowest BCUT2D eigenvalue weighted by Gasteiger charge is -2.70. The molecule has 8 rings (SSSR count). The number of hydrogen-bond acceptors (Lipinski definition) is 13. The van der Waals surface area contributed by atoms with Crippen LogP contribution in [0.25, 0.3) is 0 Å². The van der Waals surface area contributed by atoms with Crippen LogP contribution in [0.4, 0.5) is 5.69 Å². The van der Waals surface area contributed by atoms with E-state index in [0.717, 1.165) is 11.3 Å². The lowest BCUT2D eigenvalue weighted by molar-refractivity contribution is -0.350. The Hall–Kier alpha value is -3.47. The van der Waals surface area contributed by atoms with Crippen LogP contribution in [0.15, 0.2) is 24.3 Å². The number of esters is 2. The molecule has 54 heavy (non-hydrogen) atoms. The van der Waals surface area contributed by atoms with Crippen LogP contribution < -0.4 is 4.90 Å². The Morgan fingerprint density at radius 2 is 1.72 bits per heavy atom. The monoisotopic (exact) mass is 754 g/mol. The normalized spacial score (nSPS) is 45.4. The maximum atomic E-state index is 14.2. The number of benzene rings is 1. The summed E-state index contributed by atoms with van der Waals surface area (Å²) in [6.45, 7) is 2.92. The summed E-state index contributed by atoms with van der Waals surface area (Å²) in [7, 11) is 7.78. The Morgan fingerprint density at radius 3 is 2.31 bits per heavy atom. The number of carbonyl (C=O) groups excluding carboxylic acids is 5. The SMILES string of the molecule is COC1C2C3C[C@@H]1[C@@H](OC)[C@@H](OC(C)=O)[C@]2(OC)[C@]1(O)C(OC)C2[C@@]4(COC(=O)c5ccccc5N5C(=O)CC(C)C5=O)CC[C@H](OC)[C@@]32C1N(C=O)C4. The summed E-state index contributed by atoms with van der Waals surface area (Å²) >= 11 is 0. The van der Waals surface area contributed by atoms with E-state index in [1.54, 1.807) is 44.2 Å². The Balaban J connectivity index is 1.28. The molecule has 7 fully saturated rings. The summed E-state index contributed by atoms with van der Waals surface area (Å²) in [5, 5.41) is 13.9. The van der Waals surface area contributed by atoms with Crippen LogP contribution in [0.3, 0.4) is 0 Å². The van der Waals surface area contributed by atoms with Crippen LogP contribution in [0.1, 0.15) is 49.9 Å². The molecule has 0 aromatic heterocycles. The number of para-hydroxylation sites is 1. The number of nitrogens with zero attached hydrogens (tertiary/aromatic N) is 2. The van der Waals surface area contributed by atoms with Gasteiger partial charge in [-0.3, -0.25) is 19.2 Å². The molecule has 1 spiro atoms. The largest absolute Gasteiger partial charge is 0.461 e. The fourth-order valence-corrected chi connectivity index (χ4v) is 13.6. The van der Waals surface area contributed by atoms with Crippen LogP contribution >= 0.6 is 0 Å². The molecule has 5 aliphatic carbocycles. The Labute approximate surface area is 313 Å². The van der Waals surface area contributed by atoms with E-state index in [9.17, 15) is 29.1 Å². The predicted octanol–water partition coefficient (Wildman–Crippen LogP) is 1.37. The number of rotatable bonds is 11. The average molecular weight is 755 g/mol. The highest BCUT2D eigenvalue weighted by atomic mass is 16.6. The van der Waals surface area contributed by atoms with Crippen molar-refractivity contribution in [1.82, 2.24) is 4.90 Å². The molecule has 1 aromatic rings. The minimum absolute atomic E-state index is 0.0408. The van der Waals surface area contributed by atoms with Gasteiger partial charge >= 0.3 is 11.9 Å². The van der Waals surface area contributed by atoms with Crippen molar-refractivity contribution in [2.24, 2.45) is 40.4 Å². The average Bonchev–Trinajstić information content (AvgIpc) is 3.68. The molecule has 7 aliphatic rings. The molecule has 15 nitrogen and oxygen atoms in total. The predicted molar refractivity (Wildman–Crippen MR) is 186 cm³/mol. The molecule has 294 valence electrons. The molecule has 1 aromatic carbocycles. The highest BCUT2D eigenvalue weighted by molar-refractivity contribution is 6.22. The topological polar surface area (TPSA) is 177 Å². The van der Waals surface area contributed by atoms with E-state index in [1.165, 1.54) is 34.3 Å². The minimum atomic E-state index is -2.02. The van der Waals surface area contributed by atoms with E-state index < -0.39 is 100 Å². The van der Waals surface area contributed by atoms with Crippen LogP contribution in [0.2, 0.25) is 0 Å². The van der Waals surface area contributed by atoms with E-state index >= 15 is 0 Å². The van der Waals surface area contributed by atoms with Gasteiger partial charge in [0.1, 0.15) is 17.3 Å². The fraction of sp³-hybridized carbons (Fsp3) is 0.718. The lowest BCUT2D eigenvalue weighted by atomic mass is 9.42. The molecule has 15 atom stereocenters. The van der Waals surface area contributed by atoms with E-state index in [4.69, 9.17) is 33.2 Å². The van der Waals surface area contributed by atoms with Gasteiger partial charge in [0.25, 0.3) is 0 Å². The summed E-state index contributed by atoms with van der Waals surface area (Å²) < 4.78 is 44.3. The summed E-state index contributed by atoms with van der Waals surface area (Å²) in [6.07, 6.45) is -1.56. The first-order valence-corrected chi connectivity index (χ1v) is 18.7. The summed E-state index contributed by atoms with van der Waals surface area (Å²) in [5.74, 6) is -4.32. The standard InChI is InChI=1S/C39H50N2O13/c1-19-14-26(44)41(33(19)45)24-11-9-8-10-21(24)34(46)53-17-36-13-12-25(48-3)37-23-15-22-28(49-4)27(23)39(52-7,31(29(22)50-5)54-20(2)43)38(47,32(51-6)30(36)37)35(37)40(16-36)18-42/h8-11,18-19,22-23,25,27-32,35,47H,12-17H2,1-7H3/t19?,22-,23?,25-,27?,28?,29+,30?,31+,32?,35?,36-,37-,38-,39-/m0/s1. The molecule has 7 unspecified atom stereocenters. The second kappa shape index (κ2) is 12.8. The zero-order valence-corrected chi connectivity index (χ0v) is 31.7. The zero-order chi connectivity index (χ0) is 38.7. The molecule has 2 aliphatic heterocycles. The van der Waals surface area contributed by atoms with Crippen molar-refractivity contribution < 1.29 is 62.2 Å². The minimum Gasteiger partial charge on any atom is -0.461 e. The Morgan fingerprint density at radius 1 is 1.00 bits per heavy atom. The second-order valence-electron chi connectivity index (χ2n) is 16.5. The second-order valence-corrected chi connectivity index (χ2v) is 16.5. The molecule has 15 heteroatoms. The third-order valence-corrected chi connectivity index (χ3v) is 14.8. The molecule has 1 N–H and O–H groups in total. The summed E-state index contributed by atoms with van der Waals surface area (Å²) in [6, 6.07) is 5.44. The molecule has 2 heterocycles. The van der Waals surface area contributed by atoms with E-state index in [2.05, 4.69) is 0 Å². The van der Waals surface area contributed by atoms with Gasteiger partial charge < -0.3 is 43.2 Å². The number of anilines is 1. The van der Waals surface area contributed by atoms with Gasteiger partial charge in [-0.1, -0.05) is 19.1 Å². The van der Waals surface area contributed by atoms with E-state index in [0.29, 0.717) is 19.3 Å². The van der Waals surface area contributed by atoms with Gasteiger partial charge in [0.15, 0.2) is 6.10 Å². The lowest BCUT2D eigenvalue weighted by Crippen LogP contribution is -2.85. The molecule has 2 saturated heterocycles. The number of ether oxygens (including phenoxy) is 7. The number of fused-ring (bicyclic) bond motifs is 2. The maximum Gasteiger partial charge on any atom is 0.340 e. The first-order chi connectivity index (χ1) is 25.8. The van der Waals surface area contributed by atoms with E-state index in [-0.39, 0.29) is 42.7 Å². The maximum absolute atomic E-state index is 14.2. The molecular formula is C39H50N2O13. The van der Waals surface area contributed by atoms with Gasteiger partial charge in [-0.05, 0) is 37.3 Å². The zero-order valence-electron chi connectivity index (χ0n) is 31.7. The van der Waals surface area contributed by atoms with Gasteiger partial charge in [-0.15, -0.1) is 0 Å². The molecular weight excluding hydrogens is 704 g/mol. The van der Waals surface area contributed by atoms with Crippen molar-refractivity contribution in [1.29, 1.82) is 0 Å². The third-order valence-electron chi connectivity index (χ3n) is 14.8. The number of aliphatic hydroxyl groups is 1. The van der Waals surface area contributed by atoms with Crippen molar-refractivity contribution in [2.45, 2.75) is 87.3 Å². The Kier molecular flexibility index (Phi) is 8.87. The molecule has 5 saturated carbocycles. The number of imide groups is 1. The number of likely N-dealkylation sites (tertiary alicyclic amines) is 1. The van der Waals surface area contributed by atoms with Crippen LogP contribution in [0, 0.1) is 40.4 Å². The van der Waals surface area contributed by atoms with Crippen molar-refractivity contribution in [3.63, 3.8) is 0 Å². The number of methoxy groups -OCH3 is 5. The fourth-order valence-electron chi connectivity index (χ4n) is 13.6. The number of carbonyl (C=O) groups is 5. The van der Waals surface area contributed by atoms with Gasteiger partial charge in [-0.2, -0.15) is 0 Å². The summed E-state index contributed by atoms with van der Waals surface area (Å²) in [5.41, 5.74) is -5.40. The number of piperidine rings is 1. The molecule has 3 amide bonds. The van der Waals surface area contributed by atoms with Crippen molar-refractivity contribution >= 4 is 35.9 Å². The Bertz CT molecular complexity index is 1760. The highest BCUT2D eigenvalue weighted by Crippen LogP contribution is 2.81. The van der Waals surface area contributed by atoms with Gasteiger partial charge in [0.2, 0.25) is 18.2 Å². The van der Waals surface area contributed by atoms with Crippen molar-refractivity contribution in [3.8, 4) is 0 Å². The molecule has 0 radical (unpaired) electrons. The first-order valence-electron chi connectivity index (χ1n) is 18.7. The number of amides is 3. The smallest absolute Gasteiger partial charge is 0.340 e. The van der Waals surface area contributed by atoms with Crippen molar-refractivity contribution in [2.75, 3.05) is 53.6 Å². The third kappa shape index (κ3) is 4.25. The van der Waals surface area contributed by atoms with Crippen LogP contribution in [0.5, 0.6) is 0 Å². The highest BCUT2D eigenvalue weighted by Gasteiger charge is 2.94. The van der Waals surface area contributed by atoms with Crippen LogP contribution in [-0.2, 0) is 52.3 Å². The quantitative estimate of drug-likeness (QED) is 0.195.